The highest BCUT2D eigenvalue weighted by molar-refractivity contribution is 9.10. The molecule has 2 aromatic rings. The number of aromatic hydroxyl groups is 1. The Kier molecular flexibility index (Phi) is 4.92. The van der Waals surface area contributed by atoms with Crippen LogP contribution in [0.25, 0.3) is 0 Å². The highest BCUT2D eigenvalue weighted by Crippen LogP contribution is 2.30. The number of halogens is 5. The molecule has 1 aromatic carbocycles. The summed E-state index contributed by atoms with van der Waals surface area (Å²) in [6.07, 6.45) is -2.47. The van der Waals surface area contributed by atoms with E-state index >= 15 is 0 Å². The molecule has 0 saturated heterocycles. The fourth-order valence-corrected chi connectivity index (χ4v) is 2.31. The Balaban J connectivity index is 2.10. The van der Waals surface area contributed by atoms with E-state index < -0.39 is 11.7 Å². The Morgan fingerprint density at radius 3 is 2.64 bits per heavy atom. The second kappa shape index (κ2) is 6.53. The summed E-state index contributed by atoms with van der Waals surface area (Å²) in [6.45, 7) is 0. The Labute approximate surface area is 136 Å². The fourth-order valence-electron chi connectivity index (χ4n) is 1.48. The van der Waals surface area contributed by atoms with Gasteiger partial charge >= 0.3 is 6.18 Å². The summed E-state index contributed by atoms with van der Waals surface area (Å²) < 4.78 is 37.5. The first-order valence-electron chi connectivity index (χ1n) is 5.77. The van der Waals surface area contributed by atoms with Gasteiger partial charge in [-0.25, -0.2) is 4.98 Å². The minimum atomic E-state index is -4.44. The smallest absolute Gasteiger partial charge is 0.417 e. The molecule has 1 aromatic heterocycles. The van der Waals surface area contributed by atoms with Crippen LogP contribution in [0.3, 0.4) is 0 Å². The number of alkyl halides is 3. The lowest BCUT2D eigenvalue weighted by molar-refractivity contribution is -0.137. The van der Waals surface area contributed by atoms with Gasteiger partial charge < -0.3 is 5.11 Å². The number of anilines is 1. The Morgan fingerprint density at radius 1 is 1.32 bits per heavy atom. The van der Waals surface area contributed by atoms with Gasteiger partial charge in [0.25, 0.3) is 0 Å². The lowest BCUT2D eigenvalue weighted by Crippen LogP contribution is -2.05. The molecule has 1 heterocycles. The molecule has 0 atom stereocenters. The van der Waals surface area contributed by atoms with Crippen LogP contribution in [-0.2, 0) is 6.18 Å². The molecule has 0 spiro atoms. The predicted molar refractivity (Wildman–Crippen MR) is 81.3 cm³/mol. The van der Waals surface area contributed by atoms with Gasteiger partial charge in [0.15, 0.2) is 0 Å². The van der Waals surface area contributed by atoms with Crippen LogP contribution in [0.2, 0.25) is 5.02 Å². The molecule has 0 aliphatic heterocycles. The molecule has 116 valence electrons. The molecular weight excluding hydrogens is 387 g/mol. The number of benzene rings is 1. The number of hydrogen-bond donors (Lipinski definition) is 2. The number of aromatic nitrogens is 1. The lowest BCUT2D eigenvalue weighted by Gasteiger charge is -2.06. The van der Waals surface area contributed by atoms with E-state index in [2.05, 4.69) is 31.4 Å². The van der Waals surface area contributed by atoms with Gasteiger partial charge in [0.05, 0.1) is 16.3 Å². The molecule has 0 saturated carbocycles. The summed E-state index contributed by atoms with van der Waals surface area (Å²) >= 11 is 8.96. The minimum absolute atomic E-state index is 0.0599. The number of hydrazone groups is 1. The van der Waals surface area contributed by atoms with Crippen molar-refractivity contribution in [3.05, 3.63) is 51.1 Å². The molecular formula is C13H8BrClF3N3O. The zero-order valence-electron chi connectivity index (χ0n) is 10.7. The highest BCUT2D eigenvalue weighted by atomic mass is 79.9. The first-order chi connectivity index (χ1) is 10.3. The summed E-state index contributed by atoms with van der Waals surface area (Å²) in [7, 11) is 0. The average Bonchev–Trinajstić information content (AvgIpc) is 2.43. The van der Waals surface area contributed by atoms with E-state index in [0.717, 1.165) is 12.1 Å². The third kappa shape index (κ3) is 4.11. The minimum Gasteiger partial charge on any atom is -0.506 e. The summed E-state index contributed by atoms with van der Waals surface area (Å²) in [5.41, 5.74) is 1.94. The molecule has 0 fully saturated rings. The van der Waals surface area contributed by atoms with E-state index in [-0.39, 0.29) is 11.6 Å². The maximum absolute atomic E-state index is 12.4. The maximum atomic E-state index is 12.4. The number of nitrogens with zero attached hydrogens (tertiary/aromatic N) is 2. The van der Waals surface area contributed by atoms with Crippen molar-refractivity contribution in [1.29, 1.82) is 0 Å². The van der Waals surface area contributed by atoms with Crippen LogP contribution in [0.4, 0.5) is 19.0 Å². The number of hydrogen-bond acceptors (Lipinski definition) is 4. The van der Waals surface area contributed by atoms with Crippen molar-refractivity contribution in [3.8, 4) is 5.75 Å². The standard InChI is InChI=1S/C13H8BrClF3N3O/c14-10-4-9(15)3-7(12(10)22)5-20-21-11-2-1-8(6-19-11)13(16,17)18/h1-6,22H,(H,19,21)/b20-5+. The van der Waals surface area contributed by atoms with Crippen LogP contribution in [-0.4, -0.2) is 16.3 Å². The SMILES string of the molecule is Oc1c(Br)cc(Cl)cc1/C=N/Nc1ccc(C(F)(F)F)cn1. The van der Waals surface area contributed by atoms with Gasteiger partial charge in [-0.1, -0.05) is 11.6 Å². The highest BCUT2D eigenvalue weighted by Gasteiger charge is 2.30. The van der Waals surface area contributed by atoms with Gasteiger partial charge in [0.2, 0.25) is 0 Å². The molecule has 4 nitrogen and oxygen atoms in total. The van der Waals surface area contributed by atoms with Crippen LogP contribution in [0.5, 0.6) is 5.75 Å². The van der Waals surface area contributed by atoms with Crippen molar-refractivity contribution in [1.82, 2.24) is 4.98 Å². The van der Waals surface area contributed by atoms with Gasteiger partial charge in [-0.15, -0.1) is 0 Å². The second-order valence-corrected chi connectivity index (χ2v) is 5.42. The van der Waals surface area contributed by atoms with Gasteiger partial charge in [-0.2, -0.15) is 18.3 Å². The van der Waals surface area contributed by atoms with Crippen LogP contribution >= 0.6 is 27.5 Å². The number of phenolic OH excluding ortho intramolecular Hbond substituents is 1. The molecule has 0 bridgehead atoms. The molecule has 9 heteroatoms. The van der Waals surface area contributed by atoms with Crippen LogP contribution in [0, 0.1) is 0 Å². The number of phenols is 1. The molecule has 22 heavy (non-hydrogen) atoms. The molecule has 0 aliphatic carbocycles. The van der Waals surface area contributed by atoms with E-state index in [1.54, 1.807) is 0 Å². The number of rotatable bonds is 3. The van der Waals surface area contributed by atoms with E-state index in [1.165, 1.54) is 18.3 Å². The first-order valence-corrected chi connectivity index (χ1v) is 6.95. The van der Waals surface area contributed by atoms with Crippen molar-refractivity contribution >= 4 is 39.6 Å². The zero-order valence-corrected chi connectivity index (χ0v) is 13.0. The van der Waals surface area contributed by atoms with Crippen molar-refractivity contribution in [2.24, 2.45) is 5.10 Å². The Morgan fingerprint density at radius 2 is 2.05 bits per heavy atom. The number of pyridine rings is 1. The second-order valence-electron chi connectivity index (χ2n) is 4.13. The van der Waals surface area contributed by atoms with E-state index in [1.807, 2.05) is 0 Å². The summed E-state index contributed by atoms with van der Waals surface area (Å²) in [4.78, 5) is 3.59. The van der Waals surface area contributed by atoms with Crippen molar-refractivity contribution in [3.63, 3.8) is 0 Å². The molecule has 2 rings (SSSR count). The first kappa shape index (κ1) is 16.6. The molecule has 0 aliphatic rings. The summed E-state index contributed by atoms with van der Waals surface area (Å²) in [5, 5.41) is 14.0. The van der Waals surface area contributed by atoms with Crippen LogP contribution < -0.4 is 5.43 Å². The van der Waals surface area contributed by atoms with Gasteiger partial charge in [0, 0.05) is 16.8 Å². The molecule has 0 radical (unpaired) electrons. The largest absolute Gasteiger partial charge is 0.506 e. The van der Waals surface area contributed by atoms with E-state index in [4.69, 9.17) is 11.6 Å². The van der Waals surface area contributed by atoms with Crippen molar-refractivity contribution < 1.29 is 18.3 Å². The van der Waals surface area contributed by atoms with Crippen molar-refractivity contribution in [2.75, 3.05) is 5.43 Å². The summed E-state index contributed by atoms with van der Waals surface area (Å²) in [5.74, 6) is 0.0696. The molecule has 2 N–H and O–H groups in total. The van der Waals surface area contributed by atoms with Crippen LogP contribution in [0.1, 0.15) is 11.1 Å². The fraction of sp³-hybridized carbons (Fsp3) is 0.0769. The van der Waals surface area contributed by atoms with Gasteiger partial charge in [-0.3, -0.25) is 5.43 Å². The molecule has 0 amide bonds. The lowest BCUT2D eigenvalue weighted by atomic mass is 10.2. The van der Waals surface area contributed by atoms with Crippen molar-refractivity contribution in [2.45, 2.75) is 6.18 Å². The average molecular weight is 395 g/mol. The normalized spacial score (nSPS) is 11.9. The van der Waals surface area contributed by atoms with Gasteiger partial charge in [-0.05, 0) is 40.2 Å². The summed E-state index contributed by atoms with van der Waals surface area (Å²) in [6, 6.07) is 5.03. The zero-order chi connectivity index (χ0) is 16.3. The third-order valence-electron chi connectivity index (χ3n) is 2.53. The monoisotopic (exact) mass is 393 g/mol. The maximum Gasteiger partial charge on any atom is 0.417 e. The number of nitrogens with one attached hydrogen (secondary N) is 1. The van der Waals surface area contributed by atoms with E-state index in [9.17, 15) is 18.3 Å². The van der Waals surface area contributed by atoms with Gasteiger partial charge in [0.1, 0.15) is 11.6 Å². The van der Waals surface area contributed by atoms with E-state index in [0.29, 0.717) is 21.3 Å². The Bertz CT molecular complexity index is 705. The Hall–Kier alpha value is -1.80. The topological polar surface area (TPSA) is 57.5 Å². The predicted octanol–water partition coefficient (Wildman–Crippen LogP) is 4.67. The van der Waals surface area contributed by atoms with Crippen LogP contribution in [0.15, 0.2) is 40.0 Å². The quantitative estimate of drug-likeness (QED) is 0.588. The third-order valence-corrected chi connectivity index (χ3v) is 3.35. The molecule has 0 unspecified atom stereocenters.